The largest absolute Gasteiger partial charge is 0.472 e. The van der Waals surface area contributed by atoms with Gasteiger partial charge in [0.2, 0.25) is 0 Å². The number of aliphatic hydroxyl groups excluding tert-OH is 1. The van der Waals surface area contributed by atoms with E-state index in [9.17, 15) is 43.2 Å². The van der Waals surface area contributed by atoms with Gasteiger partial charge in [-0.15, -0.1) is 0 Å². The SMILES string of the molecule is CC/C=C\C/C=C\C/C=C\C/C=C\CCCCC(=O)OCC(COP(=O)(O)OCC(O)COP(=O)(O)OCC(COC(=O)CCCCCCC/C=C\CCCCCCCC)OC(=O)CCCCCCC/C=C\C/C=C\CCC)OC(=O)CCCCCCC/C=C\C/C=C\C/C=C\CC. The third-order valence-electron chi connectivity index (χ3n) is 15.4. The number of phosphoric acid groups is 2. The molecule has 0 aliphatic heterocycles. The van der Waals surface area contributed by atoms with Crippen molar-refractivity contribution < 1.29 is 80.2 Å². The van der Waals surface area contributed by atoms with Gasteiger partial charge in [-0.05, 0) is 148 Å². The lowest BCUT2D eigenvalue weighted by Crippen LogP contribution is -2.30. The smallest absolute Gasteiger partial charge is 0.462 e. The number of esters is 4. The maximum atomic E-state index is 13.1. The minimum Gasteiger partial charge on any atom is -0.462 e. The molecule has 0 aromatic heterocycles. The van der Waals surface area contributed by atoms with Crippen LogP contribution in [0.3, 0.4) is 0 Å². The molecule has 0 saturated carbocycles. The summed E-state index contributed by atoms with van der Waals surface area (Å²) >= 11 is 0. The van der Waals surface area contributed by atoms with Crippen LogP contribution in [-0.2, 0) is 65.4 Å². The van der Waals surface area contributed by atoms with E-state index in [0.717, 1.165) is 180 Å². The molecule has 0 saturated heterocycles. The number of hydrogen-bond donors (Lipinski definition) is 3. The molecule has 0 amide bonds. The number of aliphatic hydroxyl groups is 1. The summed E-state index contributed by atoms with van der Waals surface area (Å²) in [6, 6.07) is 0. The molecule has 0 fully saturated rings. The molecule has 19 heteroatoms. The molecule has 5 atom stereocenters. The molecule has 5 unspecified atom stereocenters. The lowest BCUT2D eigenvalue weighted by molar-refractivity contribution is -0.161. The van der Waals surface area contributed by atoms with E-state index in [0.29, 0.717) is 25.7 Å². The van der Waals surface area contributed by atoms with Crippen LogP contribution < -0.4 is 0 Å². The van der Waals surface area contributed by atoms with Crippen LogP contribution in [0.15, 0.2) is 122 Å². The van der Waals surface area contributed by atoms with Gasteiger partial charge >= 0.3 is 39.5 Å². The first-order valence-corrected chi connectivity index (χ1v) is 40.8. The molecule has 0 bridgehead atoms. The summed E-state index contributed by atoms with van der Waals surface area (Å²) in [5, 5.41) is 10.6. The number of phosphoric ester groups is 2. The standard InChI is InChI=1S/C79H134O17P2/c1-5-9-13-17-21-25-29-33-36-40-43-47-51-55-59-63-76(81)89-69-74(95-78(83)65-61-57-53-49-45-39-32-28-24-20-16-12-8-4)71-93-97(85,86)91-67-73(80)68-92-98(87,88)94-72-75(96-79(84)66-62-58-54-50-46-42-38-35-31-27-23-19-15-11-7-3)70-90-77(82)64-60-56-52-48-44-41-37-34-30-26-22-18-14-10-6-2/h10-11,14-16,20,22-23,26-28,32-38,44,48,73-75,80H,5-9,12-13,17-19,21,24-25,29-31,39-43,45-47,49-72H2,1-4H3,(H,85,86)(H,87,88)/b14-10-,15-11-,20-16-,26-22-,27-23-,32-28-,36-33-,37-34-,38-35-,48-44-. The van der Waals surface area contributed by atoms with Crippen molar-refractivity contribution in [3.8, 4) is 0 Å². The first-order valence-electron chi connectivity index (χ1n) is 37.8. The zero-order valence-electron chi connectivity index (χ0n) is 61.2. The van der Waals surface area contributed by atoms with Crippen molar-refractivity contribution in [1.29, 1.82) is 0 Å². The summed E-state index contributed by atoms with van der Waals surface area (Å²) < 4.78 is 68.4. The Bertz CT molecular complexity index is 2340. The summed E-state index contributed by atoms with van der Waals surface area (Å²) in [4.78, 5) is 72.8. The van der Waals surface area contributed by atoms with Crippen molar-refractivity contribution in [2.75, 3.05) is 39.6 Å². The van der Waals surface area contributed by atoms with E-state index < -0.39 is 97.5 Å². The van der Waals surface area contributed by atoms with Gasteiger partial charge in [0.15, 0.2) is 12.2 Å². The predicted octanol–water partition coefficient (Wildman–Crippen LogP) is 21.6. The number of carbonyl (C=O) groups excluding carboxylic acids is 4. The van der Waals surface area contributed by atoms with Crippen molar-refractivity contribution in [2.45, 2.75) is 316 Å². The van der Waals surface area contributed by atoms with Crippen LogP contribution in [0.4, 0.5) is 0 Å². The molecular formula is C79H134O17P2. The van der Waals surface area contributed by atoms with Crippen LogP contribution in [-0.4, -0.2) is 96.7 Å². The molecule has 3 N–H and O–H groups in total. The highest BCUT2D eigenvalue weighted by atomic mass is 31.2. The Hall–Kier alpha value is -4.54. The van der Waals surface area contributed by atoms with Gasteiger partial charge in [0.25, 0.3) is 0 Å². The average Bonchev–Trinajstić information content (AvgIpc) is 1.04. The summed E-state index contributed by atoms with van der Waals surface area (Å²) in [5.74, 6) is -2.27. The van der Waals surface area contributed by atoms with Crippen LogP contribution >= 0.6 is 15.6 Å². The second-order valence-electron chi connectivity index (χ2n) is 24.8. The van der Waals surface area contributed by atoms with E-state index in [1.807, 2.05) is 0 Å². The maximum absolute atomic E-state index is 13.1. The molecule has 0 aromatic rings. The Balaban J connectivity index is 5.41. The molecular weight excluding hydrogens is 1280 g/mol. The van der Waals surface area contributed by atoms with E-state index in [1.54, 1.807) is 0 Å². The summed E-state index contributed by atoms with van der Waals surface area (Å²) in [7, 11) is -9.97. The van der Waals surface area contributed by atoms with Crippen LogP contribution in [0.5, 0.6) is 0 Å². The predicted molar refractivity (Wildman–Crippen MR) is 399 cm³/mol. The van der Waals surface area contributed by atoms with E-state index in [-0.39, 0.29) is 25.7 Å². The van der Waals surface area contributed by atoms with E-state index in [1.165, 1.54) is 38.5 Å². The second-order valence-corrected chi connectivity index (χ2v) is 27.7. The van der Waals surface area contributed by atoms with Crippen molar-refractivity contribution in [3.05, 3.63) is 122 Å². The lowest BCUT2D eigenvalue weighted by atomic mass is 10.1. The molecule has 0 aliphatic rings. The Morgan fingerprint density at radius 1 is 0.296 bits per heavy atom. The molecule has 0 spiro atoms. The highest BCUT2D eigenvalue weighted by Crippen LogP contribution is 2.45. The van der Waals surface area contributed by atoms with E-state index >= 15 is 0 Å². The summed E-state index contributed by atoms with van der Waals surface area (Å²) in [6.45, 7) is 4.48. The Morgan fingerprint density at radius 3 is 0.888 bits per heavy atom. The van der Waals surface area contributed by atoms with Gasteiger partial charge in [0.05, 0.1) is 26.4 Å². The zero-order valence-corrected chi connectivity index (χ0v) is 63.0. The topological polar surface area (TPSA) is 237 Å². The third-order valence-corrected chi connectivity index (χ3v) is 17.3. The Morgan fingerprint density at radius 2 is 0.551 bits per heavy atom. The van der Waals surface area contributed by atoms with Crippen molar-refractivity contribution in [2.24, 2.45) is 0 Å². The van der Waals surface area contributed by atoms with Crippen LogP contribution in [0, 0.1) is 0 Å². The fourth-order valence-electron chi connectivity index (χ4n) is 9.67. The second kappa shape index (κ2) is 70.9. The van der Waals surface area contributed by atoms with Gasteiger partial charge in [-0.1, -0.05) is 246 Å². The highest BCUT2D eigenvalue weighted by Gasteiger charge is 2.30. The molecule has 0 heterocycles. The normalized spacial score (nSPS) is 14.6. The first-order chi connectivity index (χ1) is 47.7. The van der Waals surface area contributed by atoms with Gasteiger partial charge < -0.3 is 33.8 Å². The lowest BCUT2D eigenvalue weighted by Gasteiger charge is -2.21. The number of hydrogen-bond acceptors (Lipinski definition) is 15. The fourth-order valence-corrected chi connectivity index (χ4v) is 11.2. The van der Waals surface area contributed by atoms with Crippen LogP contribution in [0.2, 0.25) is 0 Å². The Kier molecular flexibility index (Phi) is 67.6. The summed E-state index contributed by atoms with van der Waals surface area (Å²) in [6.07, 6.45) is 76.2. The minimum absolute atomic E-state index is 0.0633. The van der Waals surface area contributed by atoms with Crippen molar-refractivity contribution in [1.82, 2.24) is 0 Å². The molecule has 0 rings (SSSR count). The van der Waals surface area contributed by atoms with Crippen molar-refractivity contribution >= 4 is 39.5 Å². The molecule has 0 aromatic carbocycles. The highest BCUT2D eigenvalue weighted by molar-refractivity contribution is 7.47. The quantitative estimate of drug-likeness (QED) is 0.0169. The molecule has 17 nitrogen and oxygen atoms in total. The van der Waals surface area contributed by atoms with Crippen LogP contribution in [0.1, 0.15) is 297 Å². The molecule has 562 valence electrons. The molecule has 0 aliphatic carbocycles. The van der Waals surface area contributed by atoms with Gasteiger partial charge in [0, 0.05) is 25.7 Å². The first kappa shape index (κ1) is 93.5. The van der Waals surface area contributed by atoms with Gasteiger partial charge in [-0.2, -0.15) is 0 Å². The number of ether oxygens (including phenoxy) is 4. The molecule has 98 heavy (non-hydrogen) atoms. The fraction of sp³-hybridized carbons (Fsp3) is 0.696. The Labute approximate surface area is 593 Å². The number of carbonyl (C=O) groups is 4. The maximum Gasteiger partial charge on any atom is 0.472 e. The summed E-state index contributed by atoms with van der Waals surface area (Å²) in [5.41, 5.74) is 0. The van der Waals surface area contributed by atoms with E-state index in [2.05, 4.69) is 149 Å². The van der Waals surface area contributed by atoms with Gasteiger partial charge in [-0.25, -0.2) is 9.13 Å². The van der Waals surface area contributed by atoms with Gasteiger partial charge in [-0.3, -0.25) is 37.3 Å². The number of allylic oxidation sites excluding steroid dienone is 20. The number of rotatable bonds is 70. The van der Waals surface area contributed by atoms with Crippen molar-refractivity contribution in [3.63, 3.8) is 0 Å². The molecule has 0 radical (unpaired) electrons. The number of unbranched alkanes of at least 4 members (excludes halogenated alkanes) is 24. The average molecular weight is 1420 g/mol. The monoisotopic (exact) mass is 1420 g/mol. The van der Waals surface area contributed by atoms with Crippen LogP contribution in [0.25, 0.3) is 0 Å². The third kappa shape index (κ3) is 69.9. The van der Waals surface area contributed by atoms with Gasteiger partial charge in [0.1, 0.15) is 19.3 Å². The zero-order chi connectivity index (χ0) is 71.8. The van der Waals surface area contributed by atoms with E-state index in [4.69, 9.17) is 37.0 Å². The minimum atomic E-state index is -4.99.